The van der Waals surface area contributed by atoms with E-state index in [9.17, 15) is 14.4 Å². The lowest BCUT2D eigenvalue weighted by Crippen LogP contribution is -2.25. The Hall–Kier alpha value is -2.66. The predicted molar refractivity (Wildman–Crippen MR) is 101 cm³/mol. The number of fused-ring (bicyclic) bond motifs is 1. The van der Waals surface area contributed by atoms with E-state index in [1.54, 1.807) is 37.3 Å². The number of carbonyl (C=O) groups is 3. The zero-order valence-electron chi connectivity index (χ0n) is 14.8. The second-order valence-electron chi connectivity index (χ2n) is 7.10. The van der Waals surface area contributed by atoms with Crippen LogP contribution in [0.5, 0.6) is 0 Å². The Bertz CT molecular complexity index is 947. The molecule has 1 fully saturated rings. The topological polar surface area (TPSA) is 72.5 Å². The first-order valence-electron chi connectivity index (χ1n) is 8.82. The number of anilines is 1. The second-order valence-corrected chi connectivity index (χ2v) is 7.54. The monoisotopic (exact) mass is 383 g/mol. The first-order chi connectivity index (χ1) is 12.9. The summed E-state index contributed by atoms with van der Waals surface area (Å²) in [6.07, 6.45) is 1.40. The average Bonchev–Trinajstić information content (AvgIpc) is 3.43. The molecule has 1 aliphatic carbocycles. The minimum atomic E-state index is -0.659. The molecule has 0 bridgehead atoms. The number of ether oxygens (including phenoxy) is 1. The molecule has 4 rings (SSSR count). The van der Waals surface area contributed by atoms with Gasteiger partial charge in [0.15, 0.2) is 12.4 Å². The van der Waals surface area contributed by atoms with Crippen LogP contribution in [0, 0.1) is 0 Å². The zero-order valence-corrected chi connectivity index (χ0v) is 15.5. The smallest absolute Gasteiger partial charge is 0.317 e. The molecule has 0 spiro atoms. The van der Waals surface area contributed by atoms with E-state index in [0.717, 1.165) is 16.8 Å². The summed E-state index contributed by atoms with van der Waals surface area (Å²) >= 11 is 5.91. The van der Waals surface area contributed by atoms with Gasteiger partial charge in [0.2, 0.25) is 5.91 Å². The van der Waals surface area contributed by atoms with Crippen LogP contribution < -0.4 is 5.32 Å². The average molecular weight is 384 g/mol. The van der Waals surface area contributed by atoms with Crippen molar-refractivity contribution in [3.63, 3.8) is 0 Å². The van der Waals surface area contributed by atoms with Gasteiger partial charge in [-0.2, -0.15) is 0 Å². The molecule has 138 valence electrons. The van der Waals surface area contributed by atoms with Crippen molar-refractivity contribution in [2.75, 3.05) is 11.9 Å². The van der Waals surface area contributed by atoms with E-state index in [0.29, 0.717) is 23.4 Å². The molecule has 0 radical (unpaired) electrons. The van der Waals surface area contributed by atoms with Crippen LogP contribution in [-0.4, -0.2) is 24.3 Å². The molecule has 1 heterocycles. The number of carbonyl (C=O) groups excluding carboxylic acids is 3. The highest BCUT2D eigenvalue weighted by molar-refractivity contribution is 6.30. The maximum Gasteiger partial charge on any atom is 0.317 e. The van der Waals surface area contributed by atoms with Crippen LogP contribution in [0.2, 0.25) is 5.02 Å². The van der Waals surface area contributed by atoms with Gasteiger partial charge >= 0.3 is 5.97 Å². The fraction of sp³-hybridized carbons (Fsp3) is 0.286. The minimum absolute atomic E-state index is 0.0836. The Balaban J connectivity index is 1.43. The molecular weight excluding hydrogens is 366 g/mol. The quantitative estimate of drug-likeness (QED) is 0.628. The summed E-state index contributed by atoms with van der Waals surface area (Å²) in [7, 11) is 0. The van der Waals surface area contributed by atoms with Crippen LogP contribution in [-0.2, 0) is 19.7 Å². The summed E-state index contributed by atoms with van der Waals surface area (Å²) in [5.41, 5.74) is 2.15. The highest BCUT2D eigenvalue weighted by atomic mass is 35.5. The number of nitrogens with one attached hydrogen (secondary N) is 1. The third-order valence-corrected chi connectivity index (χ3v) is 5.62. The van der Waals surface area contributed by atoms with Crippen LogP contribution in [0.25, 0.3) is 0 Å². The molecule has 1 amide bonds. The van der Waals surface area contributed by atoms with Gasteiger partial charge in [-0.25, -0.2) is 0 Å². The normalized spacial score (nSPS) is 19.2. The van der Waals surface area contributed by atoms with E-state index >= 15 is 0 Å². The van der Waals surface area contributed by atoms with E-state index in [2.05, 4.69) is 5.32 Å². The molecule has 2 aromatic rings. The van der Waals surface area contributed by atoms with Gasteiger partial charge in [0, 0.05) is 16.3 Å². The molecule has 2 aromatic carbocycles. The van der Waals surface area contributed by atoms with Crippen LogP contribution in [0.4, 0.5) is 5.69 Å². The van der Waals surface area contributed by atoms with Gasteiger partial charge in [-0.15, -0.1) is 0 Å². The number of hydrogen-bond donors (Lipinski definition) is 1. The summed E-state index contributed by atoms with van der Waals surface area (Å²) < 4.78 is 5.33. The third-order valence-electron chi connectivity index (χ3n) is 5.36. The zero-order chi connectivity index (χ0) is 19.2. The van der Waals surface area contributed by atoms with Crippen molar-refractivity contribution >= 4 is 34.9 Å². The van der Waals surface area contributed by atoms with Gasteiger partial charge in [0.1, 0.15) is 0 Å². The van der Waals surface area contributed by atoms with E-state index in [1.165, 1.54) is 0 Å². The molecule has 0 unspecified atom stereocenters. The highest BCUT2D eigenvalue weighted by Crippen LogP contribution is 2.49. The van der Waals surface area contributed by atoms with Crippen molar-refractivity contribution in [3.8, 4) is 0 Å². The van der Waals surface area contributed by atoms with Crippen LogP contribution in [0.3, 0.4) is 0 Å². The van der Waals surface area contributed by atoms with Gasteiger partial charge in [0.05, 0.1) is 11.3 Å². The van der Waals surface area contributed by atoms with Crippen molar-refractivity contribution in [1.29, 1.82) is 0 Å². The number of esters is 1. The summed E-state index contributed by atoms with van der Waals surface area (Å²) in [5.74, 6) is -1.05. The Kier molecular flexibility index (Phi) is 4.27. The van der Waals surface area contributed by atoms with E-state index in [1.807, 2.05) is 12.1 Å². The minimum Gasteiger partial charge on any atom is -0.457 e. The lowest BCUT2D eigenvalue weighted by molar-refractivity contribution is -0.145. The molecule has 0 aromatic heterocycles. The van der Waals surface area contributed by atoms with Crippen LogP contribution in [0.15, 0.2) is 42.5 Å². The van der Waals surface area contributed by atoms with Crippen LogP contribution in [0.1, 0.15) is 47.2 Å². The number of halogens is 1. The SMILES string of the molecule is C[C@H]1C(=O)Nc2ccc(C(=O)COC(=O)C3(c4ccc(Cl)cc4)CC3)cc21. The van der Waals surface area contributed by atoms with Crippen molar-refractivity contribution in [3.05, 3.63) is 64.2 Å². The standard InChI is InChI=1S/C21H18ClNO4/c1-12-16-10-13(2-7-17(16)23-19(12)25)18(24)11-27-20(26)21(8-9-21)14-3-5-15(22)6-4-14/h2-7,10,12H,8-9,11H2,1H3,(H,23,25)/t12-/m1/s1. The van der Waals surface area contributed by atoms with Crippen molar-refractivity contribution < 1.29 is 19.1 Å². The molecular formula is C21H18ClNO4. The number of Topliss-reactive ketones (excluding diaryl/α,β-unsaturated/α-hetero) is 1. The Labute approximate surface area is 161 Å². The lowest BCUT2D eigenvalue weighted by Gasteiger charge is -2.15. The van der Waals surface area contributed by atoms with Gasteiger partial charge in [0.25, 0.3) is 0 Å². The Morgan fingerprint density at radius 2 is 1.89 bits per heavy atom. The second kappa shape index (κ2) is 6.50. The van der Waals surface area contributed by atoms with Gasteiger partial charge in [-0.05, 0) is 61.2 Å². The first-order valence-corrected chi connectivity index (χ1v) is 9.20. The van der Waals surface area contributed by atoms with Crippen molar-refractivity contribution in [2.45, 2.75) is 31.1 Å². The largest absolute Gasteiger partial charge is 0.457 e. The number of rotatable bonds is 5. The molecule has 1 atom stereocenters. The fourth-order valence-electron chi connectivity index (χ4n) is 3.45. The van der Waals surface area contributed by atoms with E-state index in [-0.39, 0.29) is 30.2 Å². The van der Waals surface area contributed by atoms with Gasteiger partial charge in [-0.1, -0.05) is 23.7 Å². The molecule has 0 saturated heterocycles. The number of ketones is 1. The molecule has 5 nitrogen and oxygen atoms in total. The third kappa shape index (κ3) is 3.12. The molecule has 1 aliphatic heterocycles. The number of hydrogen-bond acceptors (Lipinski definition) is 4. The summed E-state index contributed by atoms with van der Waals surface area (Å²) in [6, 6.07) is 12.2. The molecule has 1 N–H and O–H groups in total. The molecule has 27 heavy (non-hydrogen) atoms. The molecule has 6 heteroatoms. The predicted octanol–water partition coefficient (Wildman–Crippen LogP) is 3.85. The molecule has 2 aliphatic rings. The maximum absolute atomic E-state index is 12.6. The summed E-state index contributed by atoms with van der Waals surface area (Å²) in [6.45, 7) is 1.47. The van der Waals surface area contributed by atoms with Crippen LogP contribution >= 0.6 is 11.6 Å². The number of benzene rings is 2. The Morgan fingerprint density at radius 3 is 2.56 bits per heavy atom. The lowest BCUT2D eigenvalue weighted by atomic mass is 9.96. The summed E-state index contributed by atoms with van der Waals surface area (Å²) in [5, 5.41) is 3.38. The highest BCUT2D eigenvalue weighted by Gasteiger charge is 2.52. The van der Waals surface area contributed by atoms with Gasteiger partial charge < -0.3 is 10.1 Å². The molecule has 1 saturated carbocycles. The van der Waals surface area contributed by atoms with Crippen molar-refractivity contribution in [1.82, 2.24) is 0 Å². The first kappa shape index (κ1) is 17.7. The van der Waals surface area contributed by atoms with Crippen molar-refractivity contribution in [2.24, 2.45) is 0 Å². The maximum atomic E-state index is 12.6. The van der Waals surface area contributed by atoms with Gasteiger partial charge in [-0.3, -0.25) is 14.4 Å². The summed E-state index contributed by atoms with van der Waals surface area (Å²) in [4.78, 5) is 36.8. The number of amides is 1. The fourth-order valence-corrected chi connectivity index (χ4v) is 3.57. The van der Waals surface area contributed by atoms with E-state index in [4.69, 9.17) is 16.3 Å². The Morgan fingerprint density at radius 1 is 1.19 bits per heavy atom. The van der Waals surface area contributed by atoms with E-state index < -0.39 is 5.41 Å².